The third-order valence-electron chi connectivity index (χ3n) is 3.69. The number of hydrogen-bond acceptors (Lipinski definition) is 5. The van der Waals surface area contributed by atoms with Gasteiger partial charge in [0.1, 0.15) is 6.04 Å². The minimum absolute atomic E-state index is 0.360. The Hall–Kier alpha value is -1.60. The van der Waals surface area contributed by atoms with E-state index < -0.39 is 6.04 Å². The number of nitrogens with zero attached hydrogens (tertiary/aromatic N) is 3. The molecule has 20 heavy (non-hydrogen) atoms. The van der Waals surface area contributed by atoms with Crippen LogP contribution in [0.4, 0.5) is 0 Å². The van der Waals surface area contributed by atoms with Crippen LogP contribution in [0.2, 0.25) is 0 Å². The number of aromatic nitrogens is 2. The van der Waals surface area contributed by atoms with E-state index >= 15 is 0 Å². The minimum atomic E-state index is -0.487. The lowest BCUT2D eigenvalue weighted by atomic mass is 10.0. The Bertz CT molecular complexity index is 477. The molecule has 0 saturated carbocycles. The van der Waals surface area contributed by atoms with Gasteiger partial charge in [0.2, 0.25) is 11.8 Å². The van der Waals surface area contributed by atoms with Crippen molar-refractivity contribution in [3.8, 4) is 5.88 Å². The first-order valence-electron chi connectivity index (χ1n) is 6.87. The molecule has 2 rings (SSSR count). The number of aryl methyl sites for hydroxylation is 2. The van der Waals surface area contributed by atoms with Crippen LogP contribution < -0.4 is 15.8 Å². The van der Waals surface area contributed by atoms with E-state index in [1.165, 1.54) is 0 Å². The van der Waals surface area contributed by atoms with Crippen molar-refractivity contribution in [2.24, 2.45) is 12.8 Å². The zero-order valence-corrected chi connectivity index (χ0v) is 12.3. The second-order valence-electron chi connectivity index (χ2n) is 5.08. The average molecular weight is 281 g/mol. The number of ether oxygens (including phenoxy) is 1. The number of rotatable bonds is 4. The fourth-order valence-corrected chi connectivity index (χ4v) is 2.84. The Morgan fingerprint density at radius 2 is 2.20 bits per heavy atom. The van der Waals surface area contributed by atoms with Crippen LogP contribution in [0.25, 0.3) is 0 Å². The summed E-state index contributed by atoms with van der Waals surface area (Å²) < 4.78 is 7.05. The van der Waals surface area contributed by atoms with Gasteiger partial charge < -0.3 is 15.8 Å². The SMILES string of the molecule is COc1c(C(C(N)=O)N2CCCNCC2)c(C)nn1C. The highest BCUT2D eigenvalue weighted by Crippen LogP contribution is 2.32. The molecule has 1 aromatic heterocycles. The second-order valence-corrected chi connectivity index (χ2v) is 5.08. The lowest BCUT2D eigenvalue weighted by molar-refractivity contribution is -0.123. The number of hydrogen-bond donors (Lipinski definition) is 2. The maximum Gasteiger partial charge on any atom is 0.239 e. The molecule has 0 aliphatic carbocycles. The summed E-state index contributed by atoms with van der Waals surface area (Å²) in [4.78, 5) is 14.1. The van der Waals surface area contributed by atoms with Crippen LogP contribution in [0.3, 0.4) is 0 Å². The summed E-state index contributed by atoms with van der Waals surface area (Å²) >= 11 is 0. The van der Waals surface area contributed by atoms with E-state index in [9.17, 15) is 4.79 Å². The highest BCUT2D eigenvalue weighted by Gasteiger charge is 2.32. The van der Waals surface area contributed by atoms with E-state index in [2.05, 4.69) is 15.3 Å². The van der Waals surface area contributed by atoms with E-state index in [0.717, 1.165) is 43.9 Å². The average Bonchev–Trinajstić information content (AvgIpc) is 2.60. The van der Waals surface area contributed by atoms with Crippen molar-refractivity contribution < 1.29 is 9.53 Å². The van der Waals surface area contributed by atoms with Crippen molar-refractivity contribution in [1.29, 1.82) is 0 Å². The predicted molar refractivity (Wildman–Crippen MR) is 75.5 cm³/mol. The Balaban J connectivity index is 2.40. The summed E-state index contributed by atoms with van der Waals surface area (Å²) in [5, 5.41) is 7.67. The first kappa shape index (κ1) is 14.8. The number of primary amides is 1. The minimum Gasteiger partial charge on any atom is -0.481 e. The van der Waals surface area contributed by atoms with Crippen LogP contribution in [0.1, 0.15) is 23.7 Å². The molecule has 1 fully saturated rings. The fourth-order valence-electron chi connectivity index (χ4n) is 2.84. The van der Waals surface area contributed by atoms with Crippen LogP contribution >= 0.6 is 0 Å². The van der Waals surface area contributed by atoms with E-state index in [0.29, 0.717) is 5.88 Å². The molecule has 1 aromatic rings. The van der Waals surface area contributed by atoms with Crippen LogP contribution in [0, 0.1) is 6.92 Å². The van der Waals surface area contributed by atoms with Crippen molar-refractivity contribution in [1.82, 2.24) is 20.0 Å². The van der Waals surface area contributed by atoms with E-state index in [1.807, 2.05) is 6.92 Å². The summed E-state index contributed by atoms with van der Waals surface area (Å²) in [5.41, 5.74) is 7.22. The van der Waals surface area contributed by atoms with Crippen LogP contribution in [0.15, 0.2) is 0 Å². The number of nitrogens with one attached hydrogen (secondary N) is 1. The third-order valence-corrected chi connectivity index (χ3v) is 3.69. The van der Waals surface area contributed by atoms with Gasteiger partial charge in [0.25, 0.3) is 0 Å². The van der Waals surface area contributed by atoms with Crippen LogP contribution in [-0.2, 0) is 11.8 Å². The lowest BCUT2D eigenvalue weighted by Crippen LogP contribution is -2.40. The van der Waals surface area contributed by atoms with Gasteiger partial charge in [-0.15, -0.1) is 0 Å². The molecule has 1 atom stereocenters. The lowest BCUT2D eigenvalue weighted by Gasteiger charge is -2.28. The molecule has 0 radical (unpaired) electrons. The molecule has 1 aliphatic heterocycles. The molecule has 7 heteroatoms. The molecule has 3 N–H and O–H groups in total. The van der Waals surface area contributed by atoms with Gasteiger partial charge in [-0.05, 0) is 19.9 Å². The number of nitrogens with two attached hydrogens (primary N) is 1. The zero-order valence-electron chi connectivity index (χ0n) is 12.3. The van der Waals surface area contributed by atoms with Gasteiger partial charge in [0.05, 0.1) is 18.4 Å². The van der Waals surface area contributed by atoms with E-state index in [1.54, 1.807) is 18.8 Å². The number of methoxy groups -OCH3 is 1. The molecule has 1 saturated heterocycles. The molecule has 7 nitrogen and oxygen atoms in total. The summed E-state index contributed by atoms with van der Waals surface area (Å²) in [6.45, 7) is 5.31. The highest BCUT2D eigenvalue weighted by molar-refractivity contribution is 5.82. The van der Waals surface area contributed by atoms with Crippen molar-refractivity contribution in [3.05, 3.63) is 11.3 Å². The van der Waals surface area contributed by atoms with Crippen molar-refractivity contribution >= 4 is 5.91 Å². The first-order chi connectivity index (χ1) is 9.56. The summed E-state index contributed by atoms with van der Waals surface area (Å²) in [5.74, 6) is 0.241. The summed E-state index contributed by atoms with van der Waals surface area (Å²) in [6, 6.07) is -0.487. The monoisotopic (exact) mass is 281 g/mol. The van der Waals surface area contributed by atoms with Crippen LogP contribution in [-0.4, -0.2) is 53.9 Å². The second kappa shape index (κ2) is 6.23. The van der Waals surface area contributed by atoms with Gasteiger partial charge in [-0.3, -0.25) is 9.69 Å². The Kier molecular flexibility index (Phi) is 4.61. The molecular formula is C13H23N5O2. The van der Waals surface area contributed by atoms with E-state index in [-0.39, 0.29) is 5.91 Å². The smallest absolute Gasteiger partial charge is 0.239 e. The molecule has 2 heterocycles. The fraction of sp³-hybridized carbons (Fsp3) is 0.692. The maximum absolute atomic E-state index is 12.0. The van der Waals surface area contributed by atoms with E-state index in [4.69, 9.17) is 10.5 Å². The molecule has 112 valence electrons. The number of amides is 1. The Labute approximate surface area is 119 Å². The zero-order chi connectivity index (χ0) is 14.7. The quantitative estimate of drug-likeness (QED) is 0.781. The summed E-state index contributed by atoms with van der Waals surface area (Å²) in [7, 11) is 3.39. The molecular weight excluding hydrogens is 258 g/mol. The Morgan fingerprint density at radius 1 is 1.45 bits per heavy atom. The molecule has 0 spiro atoms. The summed E-state index contributed by atoms with van der Waals surface area (Å²) in [6.07, 6.45) is 0.991. The molecule has 1 aliphatic rings. The number of carbonyl (C=O) groups excluding carboxylic acids is 1. The largest absolute Gasteiger partial charge is 0.481 e. The van der Waals surface area contributed by atoms with Gasteiger partial charge in [-0.2, -0.15) is 5.10 Å². The third kappa shape index (κ3) is 2.78. The normalized spacial score (nSPS) is 18.6. The molecule has 0 bridgehead atoms. The van der Waals surface area contributed by atoms with Crippen molar-refractivity contribution in [2.75, 3.05) is 33.3 Å². The maximum atomic E-state index is 12.0. The molecule has 0 aromatic carbocycles. The topological polar surface area (TPSA) is 85.4 Å². The highest BCUT2D eigenvalue weighted by atomic mass is 16.5. The molecule has 1 unspecified atom stereocenters. The van der Waals surface area contributed by atoms with Gasteiger partial charge in [0, 0.05) is 26.7 Å². The Morgan fingerprint density at radius 3 is 2.85 bits per heavy atom. The van der Waals surface area contributed by atoms with Gasteiger partial charge in [0.15, 0.2) is 0 Å². The first-order valence-corrected chi connectivity index (χ1v) is 6.87. The van der Waals surface area contributed by atoms with Crippen molar-refractivity contribution in [3.63, 3.8) is 0 Å². The van der Waals surface area contributed by atoms with Crippen LogP contribution in [0.5, 0.6) is 5.88 Å². The van der Waals surface area contributed by atoms with Gasteiger partial charge in [-0.25, -0.2) is 4.68 Å². The standard InChI is InChI=1S/C13H23N5O2/c1-9-10(13(20-3)17(2)16-9)11(12(14)19)18-7-4-5-15-6-8-18/h11,15H,4-8H2,1-3H3,(H2,14,19). The van der Waals surface area contributed by atoms with Gasteiger partial charge in [-0.1, -0.05) is 0 Å². The van der Waals surface area contributed by atoms with Gasteiger partial charge >= 0.3 is 0 Å². The number of carbonyl (C=O) groups is 1. The van der Waals surface area contributed by atoms with Crippen molar-refractivity contribution in [2.45, 2.75) is 19.4 Å². The molecule has 1 amide bonds. The predicted octanol–water partition coefficient (Wildman–Crippen LogP) is -0.441.